The van der Waals surface area contributed by atoms with Crippen LogP contribution in [0.5, 0.6) is 0 Å². The summed E-state index contributed by atoms with van der Waals surface area (Å²) in [6, 6.07) is -4.36. The second kappa shape index (κ2) is 16.4. The van der Waals surface area contributed by atoms with Gasteiger partial charge < -0.3 is 43.4 Å². The molecule has 0 radical (unpaired) electrons. The van der Waals surface area contributed by atoms with Crippen LogP contribution >= 0.6 is 0 Å². The van der Waals surface area contributed by atoms with E-state index in [4.69, 9.17) is 17.2 Å². The fraction of sp³-hybridized carbons (Fsp3) is 0.800. The monoisotopic (exact) mass is 460 g/mol. The molecule has 186 valence electrons. The first-order chi connectivity index (χ1) is 15.1. The second-order valence-corrected chi connectivity index (χ2v) is 8.04. The Hall–Kier alpha value is -2.28. The number of aliphatic hydroxyl groups excluding tert-OH is 1. The van der Waals surface area contributed by atoms with Crippen LogP contribution in [0.2, 0.25) is 0 Å². The number of aliphatic hydroxyl groups is 1. The van der Waals surface area contributed by atoms with Crippen molar-refractivity contribution in [2.24, 2.45) is 23.1 Å². The standard InChI is InChI=1S/C20H40N6O6/c1-12(2)16(23)19(30)26-15(11-27)18(29)24-13(7-3-5-9-21)17(28)25-14(20(31)32)8-4-6-10-22/h12-16,27H,3-11,21-23H2,1-2H3,(H,24,29)(H,25,28)(H,26,30)(H,31,32). The number of carbonyl (C=O) groups is 4. The van der Waals surface area contributed by atoms with Gasteiger partial charge in [0.15, 0.2) is 0 Å². The summed E-state index contributed by atoms with van der Waals surface area (Å²) in [4.78, 5) is 49.0. The zero-order valence-corrected chi connectivity index (χ0v) is 19.0. The van der Waals surface area contributed by atoms with Crippen LogP contribution in [0.4, 0.5) is 0 Å². The van der Waals surface area contributed by atoms with Crippen molar-refractivity contribution in [1.82, 2.24) is 16.0 Å². The number of nitrogens with one attached hydrogen (secondary N) is 3. The number of hydrogen-bond donors (Lipinski definition) is 8. The van der Waals surface area contributed by atoms with E-state index in [1.54, 1.807) is 13.8 Å². The number of carboxylic acid groups (broad SMARTS) is 1. The fourth-order valence-electron chi connectivity index (χ4n) is 2.82. The van der Waals surface area contributed by atoms with Gasteiger partial charge in [-0.2, -0.15) is 0 Å². The number of hydrogen-bond acceptors (Lipinski definition) is 8. The van der Waals surface area contributed by atoms with E-state index in [0.717, 1.165) is 0 Å². The van der Waals surface area contributed by atoms with E-state index in [-0.39, 0.29) is 18.8 Å². The number of nitrogens with two attached hydrogens (primary N) is 3. The summed E-state index contributed by atoms with van der Waals surface area (Å²) in [6.07, 6.45) is 2.65. The van der Waals surface area contributed by atoms with Gasteiger partial charge in [0, 0.05) is 0 Å². The molecule has 0 aliphatic carbocycles. The molecule has 0 aromatic heterocycles. The molecule has 32 heavy (non-hydrogen) atoms. The van der Waals surface area contributed by atoms with Crippen molar-refractivity contribution >= 4 is 23.7 Å². The second-order valence-electron chi connectivity index (χ2n) is 8.04. The smallest absolute Gasteiger partial charge is 0.326 e. The predicted octanol–water partition coefficient (Wildman–Crippen LogP) is -2.24. The van der Waals surface area contributed by atoms with Crippen molar-refractivity contribution in [2.45, 2.75) is 76.5 Å². The molecule has 12 heteroatoms. The molecule has 3 amide bonds. The molecule has 0 saturated carbocycles. The summed E-state index contributed by atoms with van der Waals surface area (Å²) in [5.41, 5.74) is 16.7. The van der Waals surface area contributed by atoms with Crippen LogP contribution < -0.4 is 33.2 Å². The molecule has 4 unspecified atom stereocenters. The lowest BCUT2D eigenvalue weighted by atomic mass is 10.0. The number of amides is 3. The van der Waals surface area contributed by atoms with Crippen molar-refractivity contribution in [2.75, 3.05) is 19.7 Å². The van der Waals surface area contributed by atoms with Crippen molar-refractivity contribution in [1.29, 1.82) is 0 Å². The maximum Gasteiger partial charge on any atom is 0.326 e. The van der Waals surface area contributed by atoms with E-state index in [9.17, 15) is 29.4 Å². The minimum Gasteiger partial charge on any atom is -0.480 e. The van der Waals surface area contributed by atoms with E-state index in [2.05, 4.69) is 16.0 Å². The van der Waals surface area contributed by atoms with Gasteiger partial charge in [-0.15, -0.1) is 0 Å². The summed E-state index contributed by atoms with van der Waals surface area (Å²) < 4.78 is 0. The quantitative estimate of drug-likeness (QED) is 0.110. The highest BCUT2D eigenvalue weighted by Gasteiger charge is 2.30. The Labute approximate surface area is 189 Å². The summed E-state index contributed by atoms with van der Waals surface area (Å²) in [6.45, 7) is 3.58. The molecule has 4 atom stereocenters. The molecule has 0 aromatic carbocycles. The molecular weight excluding hydrogens is 420 g/mol. The van der Waals surface area contributed by atoms with Gasteiger partial charge in [0.05, 0.1) is 12.6 Å². The predicted molar refractivity (Wildman–Crippen MR) is 119 cm³/mol. The van der Waals surface area contributed by atoms with Gasteiger partial charge in [-0.1, -0.05) is 13.8 Å². The number of unbranched alkanes of at least 4 members (excludes halogenated alkanes) is 2. The van der Waals surface area contributed by atoms with Gasteiger partial charge in [0.2, 0.25) is 17.7 Å². The van der Waals surface area contributed by atoms with Crippen LogP contribution in [0.3, 0.4) is 0 Å². The first-order valence-electron chi connectivity index (χ1n) is 11.0. The average Bonchev–Trinajstić information content (AvgIpc) is 2.74. The lowest BCUT2D eigenvalue weighted by Crippen LogP contribution is -2.58. The number of rotatable bonds is 17. The molecule has 0 rings (SSSR count). The van der Waals surface area contributed by atoms with Gasteiger partial charge >= 0.3 is 5.97 Å². The number of aliphatic carboxylic acids is 1. The molecule has 0 saturated heterocycles. The molecule has 0 heterocycles. The molecule has 0 spiro atoms. The Morgan fingerprint density at radius 3 is 1.62 bits per heavy atom. The van der Waals surface area contributed by atoms with Crippen LogP contribution in [0.25, 0.3) is 0 Å². The maximum atomic E-state index is 12.7. The Balaban J connectivity index is 5.24. The van der Waals surface area contributed by atoms with Gasteiger partial charge in [0.1, 0.15) is 18.1 Å². The molecule has 0 fully saturated rings. The highest BCUT2D eigenvalue weighted by molar-refractivity contribution is 5.94. The Morgan fingerprint density at radius 2 is 1.19 bits per heavy atom. The summed E-state index contributed by atoms with van der Waals surface area (Å²) in [5.74, 6) is -3.42. The minimum atomic E-state index is -1.31. The van der Waals surface area contributed by atoms with Crippen LogP contribution in [0.15, 0.2) is 0 Å². The Morgan fingerprint density at radius 1 is 0.750 bits per heavy atom. The van der Waals surface area contributed by atoms with Crippen LogP contribution in [-0.4, -0.2) is 77.8 Å². The molecule has 0 aliphatic heterocycles. The first kappa shape index (κ1) is 29.7. The highest BCUT2D eigenvalue weighted by Crippen LogP contribution is 2.06. The topological polar surface area (TPSA) is 223 Å². The largest absolute Gasteiger partial charge is 0.480 e. The zero-order valence-electron chi connectivity index (χ0n) is 19.0. The van der Waals surface area contributed by atoms with Crippen molar-refractivity contribution < 1.29 is 29.4 Å². The Kier molecular flexibility index (Phi) is 15.2. The average molecular weight is 461 g/mol. The van der Waals surface area contributed by atoms with Gasteiger partial charge in [0.25, 0.3) is 0 Å². The SMILES string of the molecule is CC(C)C(N)C(=O)NC(CO)C(=O)NC(CCCCN)C(=O)NC(CCCCN)C(=O)O. The van der Waals surface area contributed by atoms with Crippen molar-refractivity contribution in [3.05, 3.63) is 0 Å². The van der Waals surface area contributed by atoms with Crippen molar-refractivity contribution in [3.63, 3.8) is 0 Å². The van der Waals surface area contributed by atoms with Crippen molar-refractivity contribution in [3.8, 4) is 0 Å². The number of carboxylic acids is 1. The summed E-state index contributed by atoms with van der Waals surface area (Å²) in [5, 5.41) is 26.2. The van der Waals surface area contributed by atoms with Crippen LogP contribution in [-0.2, 0) is 19.2 Å². The lowest BCUT2D eigenvalue weighted by molar-refractivity contribution is -0.142. The summed E-state index contributed by atoms with van der Waals surface area (Å²) >= 11 is 0. The fourth-order valence-corrected chi connectivity index (χ4v) is 2.82. The molecular formula is C20H40N6O6. The maximum absolute atomic E-state index is 12.7. The van der Waals surface area contributed by atoms with Gasteiger partial charge in [-0.3, -0.25) is 14.4 Å². The van der Waals surface area contributed by atoms with E-state index in [1.807, 2.05) is 0 Å². The Bertz CT molecular complexity index is 603. The van der Waals surface area contributed by atoms with E-state index >= 15 is 0 Å². The van der Waals surface area contributed by atoms with Crippen LogP contribution in [0, 0.1) is 5.92 Å². The zero-order chi connectivity index (χ0) is 24.7. The third-order valence-electron chi connectivity index (χ3n) is 4.98. The molecule has 11 N–H and O–H groups in total. The highest BCUT2D eigenvalue weighted by atomic mass is 16.4. The normalized spacial score (nSPS) is 14.8. The lowest BCUT2D eigenvalue weighted by Gasteiger charge is -2.25. The van der Waals surface area contributed by atoms with E-state index < -0.39 is 54.5 Å². The molecule has 0 aromatic rings. The van der Waals surface area contributed by atoms with Gasteiger partial charge in [-0.25, -0.2) is 4.79 Å². The third-order valence-corrected chi connectivity index (χ3v) is 4.98. The van der Waals surface area contributed by atoms with E-state index in [1.165, 1.54) is 0 Å². The molecule has 12 nitrogen and oxygen atoms in total. The minimum absolute atomic E-state index is 0.181. The first-order valence-corrected chi connectivity index (χ1v) is 11.0. The van der Waals surface area contributed by atoms with E-state index in [0.29, 0.717) is 38.8 Å². The number of carbonyl (C=O) groups excluding carboxylic acids is 3. The third kappa shape index (κ3) is 11.4. The molecule has 0 bridgehead atoms. The summed E-state index contributed by atoms with van der Waals surface area (Å²) in [7, 11) is 0. The molecule has 0 aliphatic rings. The van der Waals surface area contributed by atoms with Crippen LogP contribution in [0.1, 0.15) is 52.4 Å². The van der Waals surface area contributed by atoms with Gasteiger partial charge in [-0.05, 0) is 57.5 Å².